The fourth-order valence-electron chi connectivity index (χ4n) is 3.57. The summed E-state index contributed by atoms with van der Waals surface area (Å²) in [6.45, 7) is 3.41. The highest BCUT2D eigenvalue weighted by atomic mass is 32.2. The van der Waals surface area contributed by atoms with Crippen molar-refractivity contribution in [2.75, 3.05) is 31.6 Å². The lowest BCUT2D eigenvalue weighted by atomic mass is 10.0. The van der Waals surface area contributed by atoms with Crippen LogP contribution in [-0.2, 0) is 27.6 Å². The molecule has 1 amide bonds. The molecule has 0 spiro atoms. The first-order valence-electron chi connectivity index (χ1n) is 9.72. The Balaban J connectivity index is 1.79. The van der Waals surface area contributed by atoms with Gasteiger partial charge < -0.3 is 4.90 Å². The molecule has 1 atom stereocenters. The number of carbonyl (C=O) groups excluding carboxylic acids is 1. The van der Waals surface area contributed by atoms with E-state index in [4.69, 9.17) is 0 Å². The van der Waals surface area contributed by atoms with Gasteiger partial charge >= 0.3 is 0 Å². The van der Waals surface area contributed by atoms with Gasteiger partial charge in [0, 0.05) is 26.7 Å². The van der Waals surface area contributed by atoms with Crippen molar-refractivity contribution in [2.45, 2.75) is 25.9 Å². The SMILES string of the molecule is CCc1ccc(CN(C)C(=O)C(c2ccccc2)N2CCS(=O)(=O)CC2)cc1. The lowest BCUT2D eigenvalue weighted by molar-refractivity contribution is -0.136. The van der Waals surface area contributed by atoms with Crippen LogP contribution in [0.15, 0.2) is 54.6 Å². The number of amides is 1. The molecule has 1 heterocycles. The predicted molar refractivity (Wildman–Crippen MR) is 112 cm³/mol. The molecule has 0 saturated carbocycles. The second-order valence-corrected chi connectivity index (χ2v) is 9.67. The predicted octanol–water partition coefficient (Wildman–Crippen LogP) is 2.68. The van der Waals surface area contributed by atoms with E-state index in [2.05, 4.69) is 31.2 Å². The summed E-state index contributed by atoms with van der Waals surface area (Å²) in [7, 11) is -1.19. The van der Waals surface area contributed by atoms with E-state index in [1.807, 2.05) is 42.3 Å². The molecular formula is C22H28N2O3S. The largest absolute Gasteiger partial charge is 0.340 e. The average Bonchev–Trinajstić information content (AvgIpc) is 2.70. The van der Waals surface area contributed by atoms with Crippen molar-refractivity contribution in [3.63, 3.8) is 0 Å². The van der Waals surface area contributed by atoms with Crippen LogP contribution in [0.3, 0.4) is 0 Å². The van der Waals surface area contributed by atoms with Gasteiger partial charge in [-0.1, -0.05) is 61.5 Å². The van der Waals surface area contributed by atoms with Crippen LogP contribution < -0.4 is 0 Å². The van der Waals surface area contributed by atoms with Crippen molar-refractivity contribution in [3.8, 4) is 0 Å². The Bertz CT molecular complexity index is 881. The van der Waals surface area contributed by atoms with Crippen LogP contribution in [0.25, 0.3) is 0 Å². The Morgan fingerprint density at radius 2 is 1.57 bits per heavy atom. The Hall–Kier alpha value is -2.18. The zero-order chi connectivity index (χ0) is 20.1. The summed E-state index contributed by atoms with van der Waals surface area (Å²) in [4.78, 5) is 17.1. The minimum absolute atomic E-state index is 0.00920. The summed E-state index contributed by atoms with van der Waals surface area (Å²) in [5, 5.41) is 0. The van der Waals surface area contributed by atoms with Crippen molar-refractivity contribution in [3.05, 3.63) is 71.3 Å². The maximum Gasteiger partial charge on any atom is 0.244 e. The molecule has 1 fully saturated rings. The smallest absolute Gasteiger partial charge is 0.244 e. The Labute approximate surface area is 167 Å². The zero-order valence-corrected chi connectivity index (χ0v) is 17.4. The monoisotopic (exact) mass is 400 g/mol. The zero-order valence-electron chi connectivity index (χ0n) is 16.5. The fraction of sp³-hybridized carbons (Fsp3) is 0.409. The van der Waals surface area contributed by atoms with Crippen molar-refractivity contribution in [2.24, 2.45) is 0 Å². The molecule has 2 aromatic carbocycles. The number of hydrogen-bond donors (Lipinski definition) is 0. The van der Waals surface area contributed by atoms with Gasteiger partial charge in [0.1, 0.15) is 6.04 Å². The molecule has 6 heteroatoms. The van der Waals surface area contributed by atoms with Crippen molar-refractivity contribution >= 4 is 15.7 Å². The highest BCUT2D eigenvalue weighted by molar-refractivity contribution is 7.91. The molecule has 2 aromatic rings. The van der Waals surface area contributed by atoms with Gasteiger partial charge in [0.2, 0.25) is 5.91 Å². The van der Waals surface area contributed by atoms with E-state index in [0.717, 1.165) is 17.5 Å². The number of likely N-dealkylation sites (N-methyl/N-ethyl adjacent to an activating group) is 1. The Kier molecular flexibility index (Phi) is 6.52. The van der Waals surface area contributed by atoms with Crippen LogP contribution >= 0.6 is 0 Å². The van der Waals surface area contributed by atoms with E-state index >= 15 is 0 Å². The van der Waals surface area contributed by atoms with Gasteiger partial charge in [-0.15, -0.1) is 0 Å². The second-order valence-electron chi connectivity index (χ2n) is 7.37. The average molecular weight is 401 g/mol. The van der Waals surface area contributed by atoms with Crippen LogP contribution in [0, 0.1) is 0 Å². The fourth-order valence-corrected chi connectivity index (χ4v) is 4.80. The number of nitrogens with zero attached hydrogens (tertiary/aromatic N) is 2. The van der Waals surface area contributed by atoms with Crippen molar-refractivity contribution < 1.29 is 13.2 Å². The number of aryl methyl sites for hydroxylation is 1. The third kappa shape index (κ3) is 5.00. The molecule has 1 saturated heterocycles. The van der Waals surface area contributed by atoms with Crippen LogP contribution in [-0.4, -0.2) is 55.8 Å². The minimum atomic E-state index is -3.00. The molecule has 0 aliphatic carbocycles. The van der Waals surface area contributed by atoms with E-state index in [9.17, 15) is 13.2 Å². The second kappa shape index (κ2) is 8.88. The van der Waals surface area contributed by atoms with Gasteiger partial charge in [-0.3, -0.25) is 9.69 Å². The Morgan fingerprint density at radius 3 is 2.14 bits per heavy atom. The van der Waals surface area contributed by atoms with Crippen LogP contribution in [0.2, 0.25) is 0 Å². The molecule has 1 aliphatic heterocycles. The quantitative estimate of drug-likeness (QED) is 0.748. The van der Waals surface area contributed by atoms with Crippen LogP contribution in [0.1, 0.15) is 29.7 Å². The first kappa shape index (κ1) is 20.6. The summed E-state index contributed by atoms with van der Waals surface area (Å²) in [6.07, 6.45) is 0.989. The number of benzene rings is 2. The topological polar surface area (TPSA) is 57.7 Å². The van der Waals surface area contributed by atoms with E-state index in [0.29, 0.717) is 19.6 Å². The van der Waals surface area contributed by atoms with Gasteiger partial charge in [-0.05, 0) is 23.1 Å². The van der Waals surface area contributed by atoms with Crippen LogP contribution in [0.4, 0.5) is 0 Å². The highest BCUT2D eigenvalue weighted by Crippen LogP contribution is 2.25. The molecule has 5 nitrogen and oxygen atoms in total. The van der Waals surface area contributed by atoms with E-state index in [1.165, 1.54) is 5.56 Å². The van der Waals surface area contributed by atoms with E-state index in [-0.39, 0.29) is 17.4 Å². The molecule has 150 valence electrons. The molecule has 3 rings (SSSR count). The lowest BCUT2D eigenvalue weighted by Gasteiger charge is -2.35. The van der Waals surface area contributed by atoms with Gasteiger partial charge in [0.05, 0.1) is 11.5 Å². The first-order valence-corrected chi connectivity index (χ1v) is 11.5. The normalized spacial score (nSPS) is 17.8. The lowest BCUT2D eigenvalue weighted by Crippen LogP contribution is -2.47. The van der Waals surface area contributed by atoms with E-state index in [1.54, 1.807) is 4.90 Å². The van der Waals surface area contributed by atoms with Crippen LogP contribution in [0.5, 0.6) is 0 Å². The number of hydrogen-bond acceptors (Lipinski definition) is 4. The summed E-state index contributed by atoms with van der Waals surface area (Å²) in [5.74, 6) is 0.197. The van der Waals surface area contributed by atoms with E-state index < -0.39 is 15.9 Å². The molecule has 0 bridgehead atoms. The molecule has 0 radical (unpaired) electrons. The van der Waals surface area contributed by atoms with Crippen molar-refractivity contribution in [1.82, 2.24) is 9.80 Å². The number of carbonyl (C=O) groups is 1. The molecule has 1 aliphatic rings. The highest BCUT2D eigenvalue weighted by Gasteiger charge is 2.33. The number of sulfone groups is 1. The van der Waals surface area contributed by atoms with Gasteiger partial charge in [-0.2, -0.15) is 0 Å². The van der Waals surface area contributed by atoms with Gasteiger partial charge in [0.25, 0.3) is 0 Å². The summed E-state index contributed by atoms with van der Waals surface area (Å²) in [5.41, 5.74) is 3.26. The standard InChI is InChI=1S/C22H28N2O3S/c1-3-18-9-11-19(12-10-18)17-23(2)22(25)21(20-7-5-4-6-8-20)24-13-15-28(26,27)16-14-24/h4-12,21H,3,13-17H2,1-2H3. The Morgan fingerprint density at radius 1 is 1.00 bits per heavy atom. The molecule has 28 heavy (non-hydrogen) atoms. The minimum Gasteiger partial charge on any atom is -0.340 e. The van der Waals surface area contributed by atoms with Gasteiger partial charge in [0.15, 0.2) is 9.84 Å². The maximum atomic E-state index is 13.4. The summed E-state index contributed by atoms with van der Waals surface area (Å²) in [6, 6.07) is 17.5. The molecule has 0 N–H and O–H groups in total. The van der Waals surface area contributed by atoms with Crippen molar-refractivity contribution in [1.29, 1.82) is 0 Å². The molecular weight excluding hydrogens is 372 g/mol. The number of rotatable bonds is 6. The maximum absolute atomic E-state index is 13.4. The summed E-state index contributed by atoms with van der Waals surface area (Å²) < 4.78 is 23.7. The summed E-state index contributed by atoms with van der Waals surface area (Å²) >= 11 is 0. The third-order valence-corrected chi connectivity index (χ3v) is 6.93. The van der Waals surface area contributed by atoms with Gasteiger partial charge in [-0.25, -0.2) is 8.42 Å². The molecule has 0 aromatic heterocycles. The molecule has 1 unspecified atom stereocenters. The first-order chi connectivity index (χ1) is 13.4. The third-order valence-electron chi connectivity index (χ3n) is 5.32.